The number of pyridine rings is 1. The average Bonchev–Trinajstić information content (AvgIpc) is 2.17. The molecule has 0 aliphatic rings. The number of nitrogens with zero attached hydrogens (tertiary/aromatic N) is 1. The first-order valence-electron chi connectivity index (χ1n) is 3.70. The van der Waals surface area contributed by atoms with E-state index in [1.807, 2.05) is 0 Å². The number of hydrogen-bond acceptors (Lipinski definition) is 6. The van der Waals surface area contributed by atoms with Gasteiger partial charge in [-0.1, -0.05) is 0 Å². The van der Waals surface area contributed by atoms with E-state index in [1.54, 1.807) is 0 Å². The predicted molar refractivity (Wildman–Crippen MR) is 46.4 cm³/mol. The van der Waals surface area contributed by atoms with E-state index in [2.05, 4.69) is 14.4 Å². The molecule has 0 fully saturated rings. The smallest absolute Gasteiger partial charge is 0.498 e. The summed E-state index contributed by atoms with van der Waals surface area (Å²) in [5, 5.41) is 16.9. The van der Waals surface area contributed by atoms with Crippen LogP contribution in [0, 0.1) is 0 Å². The molecule has 7 heteroatoms. The first-order chi connectivity index (χ1) is 6.63. The Labute approximate surface area is 80.3 Å². The van der Waals surface area contributed by atoms with Gasteiger partial charge in [0.25, 0.3) is 0 Å². The van der Waals surface area contributed by atoms with Crippen LogP contribution < -0.4 is 4.65 Å². The number of methoxy groups -OCH3 is 1. The lowest BCUT2D eigenvalue weighted by Crippen LogP contribution is -2.21. The summed E-state index contributed by atoms with van der Waals surface area (Å²) in [6, 6.07) is 2.72. The van der Waals surface area contributed by atoms with Crippen LogP contribution in [-0.2, 0) is 4.74 Å². The van der Waals surface area contributed by atoms with Gasteiger partial charge in [-0.15, -0.1) is 0 Å². The maximum Gasteiger partial charge on any atom is 0.708 e. The van der Waals surface area contributed by atoms with Gasteiger partial charge in [0.1, 0.15) is 0 Å². The highest BCUT2D eigenvalue weighted by atomic mass is 16.6. The van der Waals surface area contributed by atoms with Crippen molar-refractivity contribution in [2.75, 3.05) is 7.11 Å². The van der Waals surface area contributed by atoms with E-state index in [0.29, 0.717) is 0 Å². The molecule has 0 saturated carbocycles. The van der Waals surface area contributed by atoms with Gasteiger partial charge in [0.15, 0.2) is 5.88 Å². The van der Waals surface area contributed by atoms with Gasteiger partial charge in [-0.05, 0) is 12.1 Å². The Morgan fingerprint density at radius 1 is 1.50 bits per heavy atom. The number of aromatic nitrogens is 1. The lowest BCUT2D eigenvalue weighted by atomic mass is 10.2. The Morgan fingerprint density at radius 3 is 2.64 bits per heavy atom. The molecule has 0 bridgehead atoms. The number of rotatable bonds is 3. The minimum absolute atomic E-state index is 0.00709. The van der Waals surface area contributed by atoms with Crippen LogP contribution in [0.4, 0.5) is 0 Å². The van der Waals surface area contributed by atoms with E-state index in [4.69, 9.17) is 10.0 Å². The normalized spacial score (nSPS) is 9.36. The summed E-state index contributed by atoms with van der Waals surface area (Å²) in [6.45, 7) is 0. The van der Waals surface area contributed by atoms with Crippen LogP contribution >= 0.6 is 0 Å². The second kappa shape index (κ2) is 4.59. The standard InChI is InChI=1S/C7H8BNO5/c1-13-7(10)5-2-3-6(9-4-5)14-8(11)12/h2-4,11-12H,1H3. The van der Waals surface area contributed by atoms with E-state index in [-0.39, 0.29) is 11.4 Å². The van der Waals surface area contributed by atoms with Gasteiger partial charge in [0.05, 0.1) is 12.7 Å². The number of ether oxygens (including phenoxy) is 1. The summed E-state index contributed by atoms with van der Waals surface area (Å²) in [7, 11) is -0.670. The van der Waals surface area contributed by atoms with Crippen molar-refractivity contribution in [1.82, 2.24) is 4.98 Å². The summed E-state index contributed by atoms with van der Waals surface area (Å²) in [5.74, 6) is -0.513. The van der Waals surface area contributed by atoms with Gasteiger partial charge in [-0.25, -0.2) is 9.78 Å². The van der Waals surface area contributed by atoms with Crippen molar-refractivity contribution in [3.63, 3.8) is 0 Å². The fourth-order valence-electron chi connectivity index (χ4n) is 0.797. The molecule has 14 heavy (non-hydrogen) atoms. The minimum atomic E-state index is -1.92. The second-order valence-electron chi connectivity index (χ2n) is 2.32. The van der Waals surface area contributed by atoms with Gasteiger partial charge in [-0.3, -0.25) is 0 Å². The summed E-state index contributed by atoms with van der Waals surface area (Å²) in [6.07, 6.45) is 1.21. The molecule has 6 nitrogen and oxygen atoms in total. The van der Waals surface area contributed by atoms with Crippen LogP contribution in [0.1, 0.15) is 10.4 Å². The Hall–Kier alpha value is -1.60. The first-order valence-corrected chi connectivity index (χ1v) is 3.70. The zero-order chi connectivity index (χ0) is 10.6. The van der Waals surface area contributed by atoms with E-state index >= 15 is 0 Å². The zero-order valence-corrected chi connectivity index (χ0v) is 7.38. The summed E-state index contributed by atoms with van der Waals surface area (Å²) >= 11 is 0. The fraction of sp³-hybridized carbons (Fsp3) is 0.143. The largest absolute Gasteiger partial charge is 0.708 e. The molecule has 74 valence electrons. The topological polar surface area (TPSA) is 88.9 Å². The average molecular weight is 197 g/mol. The van der Waals surface area contributed by atoms with Crippen molar-refractivity contribution in [3.8, 4) is 5.88 Å². The molecule has 1 aromatic rings. The van der Waals surface area contributed by atoms with Gasteiger partial charge in [-0.2, -0.15) is 0 Å². The molecular formula is C7H8BNO5. The lowest BCUT2D eigenvalue weighted by Gasteiger charge is -2.03. The maximum atomic E-state index is 10.9. The van der Waals surface area contributed by atoms with Crippen molar-refractivity contribution >= 4 is 13.3 Å². The number of hydrogen-bond donors (Lipinski definition) is 2. The summed E-state index contributed by atoms with van der Waals surface area (Å²) in [5.41, 5.74) is 0.257. The molecule has 0 radical (unpaired) electrons. The van der Waals surface area contributed by atoms with Crippen LogP contribution in [0.2, 0.25) is 0 Å². The molecule has 0 spiro atoms. The van der Waals surface area contributed by atoms with Crippen LogP contribution in [0.15, 0.2) is 18.3 Å². The quantitative estimate of drug-likeness (QED) is 0.487. The van der Waals surface area contributed by atoms with Crippen molar-refractivity contribution < 1.29 is 24.2 Å². The number of carbonyl (C=O) groups excluding carboxylic acids is 1. The van der Waals surface area contributed by atoms with E-state index in [1.165, 1.54) is 25.4 Å². The van der Waals surface area contributed by atoms with E-state index < -0.39 is 13.3 Å². The molecule has 1 rings (SSSR count). The molecular weight excluding hydrogens is 189 g/mol. The van der Waals surface area contributed by atoms with Gasteiger partial charge in [0.2, 0.25) is 0 Å². The zero-order valence-electron chi connectivity index (χ0n) is 7.38. The van der Waals surface area contributed by atoms with Gasteiger partial charge in [0, 0.05) is 6.20 Å². The van der Waals surface area contributed by atoms with Gasteiger partial charge >= 0.3 is 13.3 Å². The number of esters is 1. The third kappa shape index (κ3) is 2.72. The van der Waals surface area contributed by atoms with Gasteiger partial charge < -0.3 is 19.4 Å². The van der Waals surface area contributed by atoms with E-state index in [9.17, 15) is 4.79 Å². The first kappa shape index (κ1) is 10.5. The van der Waals surface area contributed by atoms with Crippen molar-refractivity contribution in [1.29, 1.82) is 0 Å². The highest BCUT2D eigenvalue weighted by molar-refractivity contribution is 6.33. The molecule has 0 atom stereocenters. The summed E-state index contributed by atoms with van der Waals surface area (Å²) in [4.78, 5) is 14.6. The van der Waals surface area contributed by atoms with Crippen LogP contribution in [0.3, 0.4) is 0 Å². The third-order valence-electron chi connectivity index (χ3n) is 1.38. The van der Waals surface area contributed by atoms with Crippen LogP contribution in [-0.4, -0.2) is 35.4 Å². The lowest BCUT2D eigenvalue weighted by molar-refractivity contribution is 0.0600. The molecule has 1 aromatic heterocycles. The fourth-order valence-corrected chi connectivity index (χ4v) is 0.797. The van der Waals surface area contributed by atoms with Crippen molar-refractivity contribution in [2.24, 2.45) is 0 Å². The maximum absolute atomic E-state index is 10.9. The third-order valence-corrected chi connectivity index (χ3v) is 1.38. The predicted octanol–water partition coefficient (Wildman–Crippen LogP) is -0.784. The van der Waals surface area contributed by atoms with Crippen molar-refractivity contribution in [3.05, 3.63) is 23.9 Å². The highest BCUT2D eigenvalue weighted by Gasteiger charge is 2.12. The molecule has 0 aliphatic carbocycles. The minimum Gasteiger partial charge on any atom is -0.498 e. The molecule has 0 unspecified atom stereocenters. The molecule has 2 N–H and O–H groups in total. The molecule has 0 aliphatic heterocycles. The van der Waals surface area contributed by atoms with Crippen LogP contribution in [0.25, 0.3) is 0 Å². The summed E-state index contributed by atoms with van der Waals surface area (Å²) < 4.78 is 8.87. The van der Waals surface area contributed by atoms with Crippen LogP contribution in [0.5, 0.6) is 5.88 Å². The molecule has 0 aromatic carbocycles. The molecule has 1 heterocycles. The highest BCUT2D eigenvalue weighted by Crippen LogP contribution is 2.08. The Kier molecular flexibility index (Phi) is 3.44. The van der Waals surface area contributed by atoms with Crippen molar-refractivity contribution in [2.45, 2.75) is 0 Å². The Morgan fingerprint density at radius 2 is 2.21 bits per heavy atom. The number of carbonyl (C=O) groups is 1. The molecule has 0 amide bonds. The second-order valence-corrected chi connectivity index (χ2v) is 2.32. The Balaban J connectivity index is 2.73. The molecule has 0 saturated heterocycles. The Bertz CT molecular complexity index is 312. The van der Waals surface area contributed by atoms with E-state index in [0.717, 1.165) is 0 Å². The SMILES string of the molecule is COC(=O)c1ccc(OB(O)O)nc1. The monoisotopic (exact) mass is 197 g/mol.